The Morgan fingerprint density at radius 1 is 0.338 bits per heavy atom. The van der Waals surface area contributed by atoms with Crippen molar-refractivity contribution in [2.45, 2.75) is 284 Å². The van der Waals surface area contributed by atoms with E-state index in [1.54, 1.807) is 0 Å². The van der Waals surface area contributed by atoms with E-state index in [2.05, 4.69) is 106 Å². The first-order valence-electron chi connectivity index (χ1n) is 29.1. The average molecular weight is 948 g/mol. The van der Waals surface area contributed by atoms with Crippen LogP contribution in [0.4, 0.5) is 0 Å². The minimum absolute atomic E-state index is 0.0688. The van der Waals surface area contributed by atoms with Crippen LogP contribution in [0.25, 0.3) is 0 Å². The lowest BCUT2D eigenvalue weighted by molar-refractivity contribution is -0.163. The molecule has 0 aliphatic rings. The van der Waals surface area contributed by atoms with Crippen LogP contribution >= 0.6 is 0 Å². The van der Waals surface area contributed by atoms with Crippen molar-refractivity contribution in [1.29, 1.82) is 0 Å². The van der Waals surface area contributed by atoms with Crippen molar-refractivity contribution in [1.82, 2.24) is 0 Å². The number of rotatable bonds is 53. The lowest BCUT2D eigenvalue weighted by Gasteiger charge is -2.18. The standard InChI is InChI=1S/C63H110O5/c1-4-7-10-13-16-19-22-25-28-31-32-34-35-38-41-44-47-50-53-56-62(64)67-60-61(59-66-58-55-52-49-46-43-40-37-30-27-24-21-18-15-12-9-6-3)68-63(65)57-54-51-48-45-42-39-36-33-29-26-23-20-17-14-11-8-5-2/h9,12,16,18-19,21,25-30,32,34,61H,4-8,10-11,13-15,17,20,22-24,31,33,35-60H2,1-3H3/b12-9-,19-16-,21-18-,28-25-,29-26-,30-27-,34-32-. The first-order chi connectivity index (χ1) is 33.6. The van der Waals surface area contributed by atoms with Crippen molar-refractivity contribution in [3.8, 4) is 0 Å². The fourth-order valence-corrected chi connectivity index (χ4v) is 8.06. The SMILES string of the molecule is CC/C=C\C/C=C\C/C=C\CCCCCCCCOCC(COC(=O)CCCCCCCC/C=C\C/C=C\C/C=C\CCCCC)OC(=O)CCCCCCCCC/C=C\CCCCCCCC. The Balaban J connectivity index is 4.33. The Morgan fingerprint density at radius 3 is 1.10 bits per heavy atom. The van der Waals surface area contributed by atoms with Gasteiger partial charge < -0.3 is 14.2 Å². The molecule has 0 aromatic heterocycles. The molecule has 5 heteroatoms. The van der Waals surface area contributed by atoms with E-state index in [9.17, 15) is 9.59 Å². The summed E-state index contributed by atoms with van der Waals surface area (Å²) in [6, 6.07) is 0. The van der Waals surface area contributed by atoms with Gasteiger partial charge in [0.15, 0.2) is 6.10 Å². The fraction of sp³-hybridized carbons (Fsp3) is 0.746. The number of ether oxygens (including phenoxy) is 3. The summed E-state index contributed by atoms with van der Waals surface area (Å²) < 4.78 is 17.5. The van der Waals surface area contributed by atoms with Crippen molar-refractivity contribution in [3.05, 3.63) is 85.1 Å². The van der Waals surface area contributed by atoms with Gasteiger partial charge in [-0.05, 0) is 116 Å². The van der Waals surface area contributed by atoms with E-state index in [-0.39, 0.29) is 25.2 Å². The second-order valence-corrected chi connectivity index (χ2v) is 19.2. The quantitative estimate of drug-likeness (QED) is 0.0345. The molecular weight excluding hydrogens is 837 g/mol. The molecule has 0 aliphatic heterocycles. The van der Waals surface area contributed by atoms with E-state index in [1.807, 2.05) is 0 Å². The molecule has 392 valence electrons. The predicted molar refractivity (Wildman–Crippen MR) is 297 cm³/mol. The smallest absolute Gasteiger partial charge is 0.306 e. The van der Waals surface area contributed by atoms with E-state index >= 15 is 0 Å². The highest BCUT2D eigenvalue weighted by atomic mass is 16.6. The van der Waals surface area contributed by atoms with Gasteiger partial charge in [-0.25, -0.2) is 0 Å². The average Bonchev–Trinajstić information content (AvgIpc) is 3.34. The van der Waals surface area contributed by atoms with Crippen molar-refractivity contribution < 1.29 is 23.8 Å². The second kappa shape index (κ2) is 58.4. The highest BCUT2D eigenvalue weighted by Crippen LogP contribution is 2.14. The summed E-state index contributed by atoms with van der Waals surface area (Å²) in [5.74, 6) is -0.419. The topological polar surface area (TPSA) is 61.8 Å². The van der Waals surface area contributed by atoms with Gasteiger partial charge in [0.25, 0.3) is 0 Å². The zero-order valence-electron chi connectivity index (χ0n) is 45.1. The van der Waals surface area contributed by atoms with E-state index in [0.29, 0.717) is 19.4 Å². The Morgan fingerprint density at radius 2 is 0.662 bits per heavy atom. The maximum Gasteiger partial charge on any atom is 0.306 e. The lowest BCUT2D eigenvalue weighted by atomic mass is 10.1. The first kappa shape index (κ1) is 65.1. The predicted octanol–water partition coefficient (Wildman–Crippen LogP) is 20.0. The Hall–Kier alpha value is -2.92. The lowest BCUT2D eigenvalue weighted by Crippen LogP contribution is -2.30. The van der Waals surface area contributed by atoms with Gasteiger partial charge in [-0.15, -0.1) is 0 Å². The van der Waals surface area contributed by atoms with Crippen LogP contribution in [0, 0.1) is 0 Å². The van der Waals surface area contributed by atoms with E-state index < -0.39 is 6.10 Å². The van der Waals surface area contributed by atoms with Crippen LogP contribution in [0.5, 0.6) is 0 Å². The highest BCUT2D eigenvalue weighted by molar-refractivity contribution is 5.70. The van der Waals surface area contributed by atoms with Gasteiger partial charge in [-0.3, -0.25) is 9.59 Å². The molecule has 0 radical (unpaired) electrons. The molecule has 0 aliphatic carbocycles. The van der Waals surface area contributed by atoms with Crippen molar-refractivity contribution in [2.24, 2.45) is 0 Å². The fourth-order valence-electron chi connectivity index (χ4n) is 8.06. The van der Waals surface area contributed by atoms with Gasteiger partial charge in [0.1, 0.15) is 6.61 Å². The number of carbonyl (C=O) groups is 2. The summed E-state index contributed by atoms with van der Waals surface area (Å²) in [5, 5.41) is 0. The van der Waals surface area contributed by atoms with Crippen LogP contribution in [0.15, 0.2) is 85.1 Å². The van der Waals surface area contributed by atoms with Crippen LogP contribution in [0.1, 0.15) is 278 Å². The number of hydrogen-bond donors (Lipinski definition) is 0. The normalized spacial score (nSPS) is 12.8. The molecule has 0 N–H and O–H groups in total. The minimum Gasteiger partial charge on any atom is -0.462 e. The molecule has 0 saturated carbocycles. The third-order valence-electron chi connectivity index (χ3n) is 12.4. The van der Waals surface area contributed by atoms with Crippen molar-refractivity contribution >= 4 is 11.9 Å². The Labute approximate surface area is 422 Å². The van der Waals surface area contributed by atoms with Crippen LogP contribution < -0.4 is 0 Å². The zero-order chi connectivity index (χ0) is 49.2. The maximum absolute atomic E-state index is 12.9. The molecule has 0 amide bonds. The molecule has 0 spiro atoms. The van der Waals surface area contributed by atoms with Gasteiger partial charge in [-0.2, -0.15) is 0 Å². The number of hydrogen-bond acceptors (Lipinski definition) is 5. The van der Waals surface area contributed by atoms with Crippen molar-refractivity contribution in [3.63, 3.8) is 0 Å². The van der Waals surface area contributed by atoms with E-state index in [4.69, 9.17) is 14.2 Å². The molecular formula is C63H110O5. The molecule has 0 fully saturated rings. The van der Waals surface area contributed by atoms with Crippen molar-refractivity contribution in [2.75, 3.05) is 19.8 Å². The van der Waals surface area contributed by atoms with E-state index in [0.717, 1.165) is 96.3 Å². The van der Waals surface area contributed by atoms with Gasteiger partial charge >= 0.3 is 11.9 Å². The van der Waals surface area contributed by atoms with Gasteiger partial charge in [0.2, 0.25) is 0 Å². The number of carbonyl (C=O) groups excluding carboxylic acids is 2. The number of unbranched alkanes of at least 4 members (excludes halogenated alkanes) is 28. The molecule has 1 unspecified atom stereocenters. The summed E-state index contributed by atoms with van der Waals surface area (Å²) >= 11 is 0. The monoisotopic (exact) mass is 947 g/mol. The summed E-state index contributed by atoms with van der Waals surface area (Å²) in [6.07, 6.45) is 77.4. The molecule has 0 aromatic rings. The molecule has 0 aromatic carbocycles. The van der Waals surface area contributed by atoms with Gasteiger partial charge in [0, 0.05) is 19.4 Å². The summed E-state index contributed by atoms with van der Waals surface area (Å²) in [7, 11) is 0. The molecule has 0 heterocycles. The largest absolute Gasteiger partial charge is 0.462 e. The van der Waals surface area contributed by atoms with Crippen LogP contribution in [-0.4, -0.2) is 37.9 Å². The number of esters is 2. The van der Waals surface area contributed by atoms with Gasteiger partial charge in [-0.1, -0.05) is 234 Å². The molecule has 0 bridgehead atoms. The minimum atomic E-state index is -0.555. The Kier molecular flexibility index (Phi) is 55.9. The second-order valence-electron chi connectivity index (χ2n) is 19.2. The van der Waals surface area contributed by atoms with Crippen LogP contribution in [0.3, 0.4) is 0 Å². The molecule has 0 saturated heterocycles. The summed E-state index contributed by atoms with van der Waals surface area (Å²) in [6.45, 7) is 7.66. The van der Waals surface area contributed by atoms with Crippen LogP contribution in [-0.2, 0) is 23.8 Å². The third-order valence-corrected chi connectivity index (χ3v) is 12.4. The van der Waals surface area contributed by atoms with Crippen LogP contribution in [0.2, 0.25) is 0 Å². The molecule has 68 heavy (non-hydrogen) atoms. The maximum atomic E-state index is 12.9. The molecule has 0 rings (SSSR count). The third kappa shape index (κ3) is 55.7. The summed E-state index contributed by atoms with van der Waals surface area (Å²) in [5.41, 5.74) is 0. The number of allylic oxidation sites excluding steroid dienone is 14. The molecule has 1 atom stereocenters. The first-order valence-corrected chi connectivity index (χ1v) is 29.1. The highest BCUT2D eigenvalue weighted by Gasteiger charge is 2.17. The molecule has 5 nitrogen and oxygen atoms in total. The Bertz CT molecular complexity index is 1250. The van der Waals surface area contributed by atoms with E-state index in [1.165, 1.54) is 148 Å². The van der Waals surface area contributed by atoms with Gasteiger partial charge in [0.05, 0.1) is 6.61 Å². The zero-order valence-corrected chi connectivity index (χ0v) is 45.1. The summed E-state index contributed by atoms with van der Waals surface area (Å²) in [4.78, 5) is 25.5.